The van der Waals surface area contributed by atoms with Gasteiger partial charge >= 0.3 is 0 Å². The number of aromatic nitrogens is 3. The standard InChI is InChI=1S/C33H32N4SSi/c1-24-21-25(2)37(35-24)27-16-17-32-30(23-27)36(29-13-4-5-14-31(29)38-32)26-11-10-12-28(22-26)39(19-8-3-9-20-39)33-15-6-7-18-34-33/h4-7,10-18,21-23H,3,8-9,19-20H2,1-2H3. The summed E-state index contributed by atoms with van der Waals surface area (Å²) in [6, 6.07) is 36.1. The zero-order chi connectivity index (χ0) is 26.4. The van der Waals surface area contributed by atoms with Crippen LogP contribution in [0.5, 0.6) is 0 Å². The van der Waals surface area contributed by atoms with E-state index in [2.05, 4.69) is 108 Å². The molecular formula is C33H32N4SSi. The Morgan fingerprint density at radius 2 is 1.54 bits per heavy atom. The lowest BCUT2D eigenvalue weighted by molar-refractivity contribution is 0.719. The van der Waals surface area contributed by atoms with Crippen molar-refractivity contribution in [3.8, 4) is 5.69 Å². The summed E-state index contributed by atoms with van der Waals surface area (Å²) < 4.78 is 2.06. The monoisotopic (exact) mass is 544 g/mol. The van der Waals surface area contributed by atoms with Gasteiger partial charge in [-0.2, -0.15) is 5.10 Å². The van der Waals surface area contributed by atoms with Gasteiger partial charge in [0.1, 0.15) is 8.07 Å². The Kier molecular flexibility index (Phi) is 6.17. The summed E-state index contributed by atoms with van der Waals surface area (Å²) in [7, 11) is -1.94. The second-order valence-electron chi connectivity index (χ2n) is 10.8. The molecule has 194 valence electrons. The van der Waals surface area contributed by atoms with Crippen molar-refractivity contribution in [3.05, 3.63) is 109 Å². The molecule has 0 bridgehead atoms. The highest BCUT2D eigenvalue weighted by Crippen LogP contribution is 2.51. The molecule has 6 heteroatoms. The molecule has 1 saturated heterocycles. The van der Waals surface area contributed by atoms with Gasteiger partial charge in [-0.1, -0.05) is 66.5 Å². The average molecular weight is 545 g/mol. The highest BCUT2D eigenvalue weighted by molar-refractivity contribution is 7.99. The summed E-state index contributed by atoms with van der Waals surface area (Å²) in [6.07, 6.45) is 5.91. The first kappa shape index (κ1) is 24.4. The Bertz CT molecular complexity index is 1660. The van der Waals surface area contributed by atoms with E-state index in [9.17, 15) is 0 Å². The van der Waals surface area contributed by atoms with Gasteiger partial charge in [0.05, 0.1) is 22.8 Å². The third kappa shape index (κ3) is 4.23. The molecule has 0 amide bonds. The molecule has 0 N–H and O–H groups in total. The van der Waals surface area contributed by atoms with Gasteiger partial charge in [-0.25, -0.2) is 4.68 Å². The maximum Gasteiger partial charge on any atom is 0.141 e. The van der Waals surface area contributed by atoms with Crippen molar-refractivity contribution in [3.63, 3.8) is 0 Å². The Morgan fingerprint density at radius 3 is 2.33 bits per heavy atom. The van der Waals surface area contributed by atoms with Crippen molar-refractivity contribution in [2.45, 2.75) is 55.0 Å². The predicted molar refractivity (Wildman–Crippen MR) is 165 cm³/mol. The van der Waals surface area contributed by atoms with Crippen LogP contribution in [0.2, 0.25) is 12.1 Å². The summed E-state index contributed by atoms with van der Waals surface area (Å²) in [6.45, 7) is 4.18. The first-order valence-electron chi connectivity index (χ1n) is 13.9. The number of hydrogen-bond donors (Lipinski definition) is 0. The molecule has 39 heavy (non-hydrogen) atoms. The molecule has 7 rings (SSSR count). The second kappa shape index (κ2) is 9.85. The largest absolute Gasteiger partial charge is 0.308 e. The quantitative estimate of drug-likeness (QED) is 0.214. The summed E-state index contributed by atoms with van der Waals surface area (Å²) >= 11 is 1.85. The lowest BCUT2D eigenvalue weighted by Crippen LogP contribution is -2.60. The molecule has 1 fully saturated rings. The van der Waals surface area contributed by atoms with Crippen LogP contribution < -0.4 is 15.4 Å². The molecular weight excluding hydrogens is 513 g/mol. The van der Waals surface area contributed by atoms with Gasteiger partial charge < -0.3 is 4.90 Å². The molecule has 0 spiro atoms. The summed E-state index contributed by atoms with van der Waals surface area (Å²) in [5.41, 5.74) is 6.93. The highest BCUT2D eigenvalue weighted by atomic mass is 32.2. The number of benzene rings is 3. The van der Waals surface area contributed by atoms with E-state index in [1.54, 1.807) is 0 Å². The van der Waals surface area contributed by atoms with E-state index in [0.29, 0.717) is 0 Å². The number of rotatable bonds is 4. The number of fused-ring (bicyclic) bond motifs is 2. The fraction of sp³-hybridized carbons (Fsp3) is 0.212. The minimum Gasteiger partial charge on any atom is -0.308 e. The van der Waals surface area contributed by atoms with E-state index in [0.717, 1.165) is 17.1 Å². The fourth-order valence-corrected chi connectivity index (χ4v) is 12.4. The Hall–Kier alpha value is -3.61. The van der Waals surface area contributed by atoms with E-state index < -0.39 is 8.07 Å². The molecule has 3 aromatic carbocycles. The van der Waals surface area contributed by atoms with Crippen LogP contribution in [-0.2, 0) is 0 Å². The topological polar surface area (TPSA) is 34.0 Å². The zero-order valence-electron chi connectivity index (χ0n) is 22.5. The number of nitrogens with zero attached hydrogens (tertiary/aromatic N) is 4. The van der Waals surface area contributed by atoms with Gasteiger partial charge in [-0.15, -0.1) is 0 Å². The maximum atomic E-state index is 4.96. The van der Waals surface area contributed by atoms with Crippen LogP contribution in [-0.4, -0.2) is 22.8 Å². The van der Waals surface area contributed by atoms with Gasteiger partial charge in [-0.05, 0) is 86.6 Å². The lowest BCUT2D eigenvalue weighted by atomic mass is 10.1. The van der Waals surface area contributed by atoms with Crippen molar-refractivity contribution in [2.24, 2.45) is 0 Å². The molecule has 0 unspecified atom stereocenters. The van der Waals surface area contributed by atoms with Crippen molar-refractivity contribution in [1.82, 2.24) is 14.8 Å². The Labute approximate surface area is 235 Å². The van der Waals surface area contributed by atoms with Crippen molar-refractivity contribution in [2.75, 3.05) is 4.90 Å². The van der Waals surface area contributed by atoms with Crippen LogP contribution in [0.15, 0.2) is 107 Å². The first-order chi connectivity index (χ1) is 19.1. The Morgan fingerprint density at radius 1 is 0.718 bits per heavy atom. The van der Waals surface area contributed by atoms with Crippen LogP contribution >= 0.6 is 11.8 Å². The smallest absolute Gasteiger partial charge is 0.141 e. The molecule has 5 aromatic rings. The normalized spacial score (nSPS) is 16.0. The molecule has 2 aliphatic rings. The third-order valence-corrected chi connectivity index (χ3v) is 14.5. The third-order valence-electron chi connectivity index (χ3n) is 8.28. The minimum atomic E-state index is -1.94. The second-order valence-corrected chi connectivity index (χ2v) is 16.1. The molecule has 0 atom stereocenters. The maximum absolute atomic E-state index is 4.96. The van der Waals surface area contributed by atoms with Crippen LogP contribution in [0, 0.1) is 13.8 Å². The number of pyridine rings is 1. The SMILES string of the molecule is Cc1cc(C)n(-c2ccc3c(c2)N(c2cccc([Si]4(c5ccccn5)CCCCC4)c2)c2ccccc2S3)n1. The van der Waals surface area contributed by atoms with Gasteiger partial charge in [0.25, 0.3) is 0 Å². The van der Waals surface area contributed by atoms with E-state index in [1.807, 2.05) is 24.0 Å². The molecule has 0 aliphatic carbocycles. The number of para-hydroxylation sites is 1. The van der Waals surface area contributed by atoms with E-state index in [4.69, 9.17) is 10.1 Å². The summed E-state index contributed by atoms with van der Waals surface area (Å²) in [4.78, 5) is 9.96. The van der Waals surface area contributed by atoms with Crippen LogP contribution in [0.4, 0.5) is 17.1 Å². The van der Waals surface area contributed by atoms with Gasteiger partial charge in [-0.3, -0.25) is 4.98 Å². The van der Waals surface area contributed by atoms with Crippen molar-refractivity contribution in [1.29, 1.82) is 0 Å². The average Bonchev–Trinajstić information content (AvgIpc) is 3.34. The highest BCUT2D eigenvalue weighted by Gasteiger charge is 2.40. The minimum absolute atomic E-state index is 1.03. The molecule has 4 nitrogen and oxygen atoms in total. The van der Waals surface area contributed by atoms with E-state index in [-0.39, 0.29) is 0 Å². The molecule has 2 aliphatic heterocycles. The Balaban J connectivity index is 1.40. The number of hydrogen-bond acceptors (Lipinski definition) is 4. The summed E-state index contributed by atoms with van der Waals surface area (Å²) in [5, 5.41) is 7.62. The van der Waals surface area contributed by atoms with Gasteiger partial charge in [0.15, 0.2) is 0 Å². The lowest BCUT2D eigenvalue weighted by Gasteiger charge is -2.37. The van der Waals surface area contributed by atoms with Crippen LogP contribution in [0.3, 0.4) is 0 Å². The predicted octanol–water partition coefficient (Wildman–Crippen LogP) is 7.57. The zero-order valence-corrected chi connectivity index (χ0v) is 24.3. The van der Waals surface area contributed by atoms with Gasteiger partial charge in [0, 0.05) is 32.7 Å². The summed E-state index contributed by atoms with van der Waals surface area (Å²) in [5.74, 6) is 0. The molecule has 4 heterocycles. The van der Waals surface area contributed by atoms with Crippen LogP contribution in [0.1, 0.15) is 30.7 Å². The van der Waals surface area contributed by atoms with E-state index >= 15 is 0 Å². The molecule has 0 radical (unpaired) electrons. The molecule has 0 saturated carbocycles. The van der Waals surface area contributed by atoms with Crippen LogP contribution in [0.25, 0.3) is 5.69 Å². The van der Waals surface area contributed by atoms with E-state index in [1.165, 1.54) is 68.7 Å². The number of aryl methyl sites for hydroxylation is 2. The molecule has 2 aromatic heterocycles. The number of anilines is 3. The van der Waals surface area contributed by atoms with Crippen molar-refractivity contribution < 1.29 is 0 Å². The van der Waals surface area contributed by atoms with Gasteiger partial charge in [0.2, 0.25) is 0 Å². The fourth-order valence-electron chi connectivity index (χ4n) is 6.48. The first-order valence-corrected chi connectivity index (χ1v) is 17.1. The van der Waals surface area contributed by atoms with Crippen molar-refractivity contribution >= 4 is 47.4 Å².